The van der Waals surface area contributed by atoms with Gasteiger partial charge in [-0.15, -0.1) is 10.2 Å². The number of amides is 4. The number of nitrogens with zero attached hydrogens (tertiary/aromatic N) is 6. The molecule has 27 heteroatoms. The third kappa shape index (κ3) is 12.8. The van der Waals surface area contributed by atoms with E-state index in [0.717, 1.165) is 7.11 Å². The van der Waals surface area contributed by atoms with Crippen LogP contribution in [0.5, 0.6) is 0 Å². The van der Waals surface area contributed by atoms with Crippen LogP contribution >= 0.6 is 0 Å². The first-order valence-corrected chi connectivity index (χ1v) is 23.6. The molecule has 2 aromatic rings. The van der Waals surface area contributed by atoms with E-state index < -0.39 is 145 Å². The van der Waals surface area contributed by atoms with Gasteiger partial charge in [-0.2, -0.15) is 0 Å². The summed E-state index contributed by atoms with van der Waals surface area (Å²) < 4.78 is 74.8. The Morgan fingerprint density at radius 2 is 1.01 bits per heavy atom. The van der Waals surface area contributed by atoms with E-state index in [9.17, 15) is 24.0 Å². The van der Waals surface area contributed by atoms with Gasteiger partial charge >= 0.3 is 12.1 Å². The molecule has 6 aliphatic rings. The van der Waals surface area contributed by atoms with E-state index in [1.54, 1.807) is 88.6 Å². The summed E-state index contributed by atoms with van der Waals surface area (Å²) in [5, 5.41) is 27.0. The maximum Gasteiger partial charge on any atom is 0.408 e. The molecule has 8 rings (SSSR count). The number of hydrogen-bond acceptors (Lipinski definition) is 21. The fraction of sp³-hybridized carbons (Fsp3) is 0.795. The molecule has 27 nitrogen and oxygen atoms in total. The Hall–Kier alpha value is -4.97. The van der Waals surface area contributed by atoms with Crippen molar-refractivity contribution in [1.29, 1.82) is 0 Å². The Morgan fingerprint density at radius 1 is 0.606 bits per heavy atom. The van der Waals surface area contributed by atoms with E-state index in [1.807, 2.05) is 0 Å². The van der Waals surface area contributed by atoms with Crippen LogP contribution in [0.15, 0.2) is 12.4 Å². The number of rotatable bonds is 16. The number of nitrogens with one attached hydrogen (secondary N) is 4. The first kappa shape index (κ1) is 52.4. The van der Waals surface area contributed by atoms with Gasteiger partial charge in [0.25, 0.3) is 0 Å². The van der Waals surface area contributed by atoms with Crippen LogP contribution in [-0.2, 0) is 102 Å². The number of methoxy groups -OCH3 is 1. The minimum absolute atomic E-state index is 0.153. The molecule has 0 bridgehead atoms. The monoisotopic (exact) mass is 1010 g/mol. The van der Waals surface area contributed by atoms with Gasteiger partial charge in [-0.1, -0.05) is 10.4 Å². The van der Waals surface area contributed by atoms with Crippen LogP contribution in [0.25, 0.3) is 0 Å². The van der Waals surface area contributed by atoms with E-state index in [4.69, 9.17) is 56.8 Å². The highest BCUT2D eigenvalue weighted by Crippen LogP contribution is 2.46. The largest absolute Gasteiger partial charge is 0.469 e. The zero-order chi connectivity index (χ0) is 51.4. The number of hydrogen-bond donors (Lipinski definition) is 4. The second kappa shape index (κ2) is 19.8. The van der Waals surface area contributed by atoms with Crippen molar-refractivity contribution in [2.24, 2.45) is 0 Å². The Bertz CT molecular complexity index is 2300. The van der Waals surface area contributed by atoms with Gasteiger partial charge in [0.05, 0.1) is 58.5 Å². The molecule has 0 radical (unpaired) electrons. The van der Waals surface area contributed by atoms with Crippen molar-refractivity contribution in [3.05, 3.63) is 23.8 Å². The molecule has 2 aromatic heterocycles. The smallest absolute Gasteiger partial charge is 0.408 e. The van der Waals surface area contributed by atoms with Crippen LogP contribution in [0.4, 0.5) is 4.79 Å². The highest BCUT2D eigenvalue weighted by Gasteiger charge is 2.62. The van der Waals surface area contributed by atoms with Gasteiger partial charge in [0, 0.05) is 0 Å². The average Bonchev–Trinajstić information content (AvgIpc) is 4.11. The molecule has 4 N–H and O–H groups in total. The van der Waals surface area contributed by atoms with Crippen molar-refractivity contribution in [2.45, 2.75) is 217 Å². The summed E-state index contributed by atoms with van der Waals surface area (Å²) in [6, 6.07) is -2.98. The Balaban J connectivity index is 0.867. The van der Waals surface area contributed by atoms with Gasteiger partial charge in [-0.05, 0) is 76.2 Å². The zero-order valence-corrected chi connectivity index (χ0v) is 41.9. The van der Waals surface area contributed by atoms with Gasteiger partial charge in [0.2, 0.25) is 17.7 Å². The van der Waals surface area contributed by atoms with Gasteiger partial charge in [-0.3, -0.25) is 19.2 Å². The molecule has 8 heterocycles. The van der Waals surface area contributed by atoms with Crippen molar-refractivity contribution in [1.82, 2.24) is 51.3 Å². The fourth-order valence-electron chi connectivity index (χ4n) is 9.23. The predicted molar refractivity (Wildman–Crippen MR) is 235 cm³/mol. The van der Waals surface area contributed by atoms with Crippen LogP contribution in [0.3, 0.4) is 0 Å². The van der Waals surface area contributed by atoms with Crippen LogP contribution in [0.1, 0.15) is 100 Å². The van der Waals surface area contributed by atoms with Crippen molar-refractivity contribution in [3.63, 3.8) is 0 Å². The second-order valence-corrected chi connectivity index (χ2v) is 21.0. The number of alkyl carbamates (subject to hydrolysis) is 1. The third-order valence-electron chi connectivity index (χ3n) is 11.9. The van der Waals surface area contributed by atoms with E-state index in [0.29, 0.717) is 11.4 Å². The lowest BCUT2D eigenvalue weighted by atomic mass is 9.99. The van der Waals surface area contributed by atoms with Gasteiger partial charge in [0.15, 0.2) is 35.7 Å². The van der Waals surface area contributed by atoms with E-state index in [2.05, 4.69) is 41.9 Å². The lowest BCUT2D eigenvalue weighted by Crippen LogP contribution is -2.56. The average molecular weight is 1010 g/mol. The highest BCUT2D eigenvalue weighted by atomic mass is 16.9. The van der Waals surface area contributed by atoms with Crippen molar-refractivity contribution in [3.8, 4) is 0 Å². The van der Waals surface area contributed by atoms with Crippen LogP contribution in [0.2, 0.25) is 0 Å². The molecule has 6 fully saturated rings. The minimum atomic E-state index is -1.51. The normalized spacial score (nSPS) is 31.5. The van der Waals surface area contributed by atoms with Gasteiger partial charge in [-0.25, -0.2) is 14.2 Å². The Morgan fingerprint density at radius 3 is 1.45 bits per heavy atom. The first-order chi connectivity index (χ1) is 33.1. The molecule has 6 saturated heterocycles. The van der Waals surface area contributed by atoms with E-state index >= 15 is 0 Å². The van der Waals surface area contributed by atoms with Gasteiger partial charge < -0.3 is 78.1 Å². The summed E-state index contributed by atoms with van der Waals surface area (Å²) in [5.41, 5.74) is -0.283. The van der Waals surface area contributed by atoms with Crippen molar-refractivity contribution < 1.29 is 80.8 Å². The fourth-order valence-corrected chi connectivity index (χ4v) is 9.23. The molecule has 0 spiro atoms. The third-order valence-corrected chi connectivity index (χ3v) is 11.9. The molecule has 0 aliphatic carbocycles. The summed E-state index contributed by atoms with van der Waals surface area (Å²) >= 11 is 0. The summed E-state index contributed by atoms with van der Waals surface area (Å²) in [4.78, 5) is 66.4. The van der Waals surface area contributed by atoms with Crippen molar-refractivity contribution in [2.75, 3.05) is 7.11 Å². The number of carbonyl (C=O) groups is 5. The number of esters is 1. The first-order valence-electron chi connectivity index (χ1n) is 23.6. The molecule has 12 atom stereocenters. The summed E-state index contributed by atoms with van der Waals surface area (Å²) in [6.07, 6.45) is -4.58. The maximum atomic E-state index is 13.7. The zero-order valence-electron chi connectivity index (χ0n) is 41.9. The predicted octanol–water partition coefficient (Wildman–Crippen LogP) is -0.0735. The second-order valence-electron chi connectivity index (χ2n) is 21.0. The maximum absolute atomic E-state index is 13.7. The molecule has 71 heavy (non-hydrogen) atoms. The summed E-state index contributed by atoms with van der Waals surface area (Å²) in [7, 11) is 1.13. The molecule has 394 valence electrons. The van der Waals surface area contributed by atoms with E-state index in [-0.39, 0.29) is 26.2 Å². The number of aromatic nitrogens is 6. The van der Waals surface area contributed by atoms with Gasteiger partial charge in [0.1, 0.15) is 77.9 Å². The molecule has 6 aliphatic heterocycles. The molecule has 0 saturated carbocycles. The molecule has 0 unspecified atom stereocenters. The standard InChI is InChI=1S/C44H66N10O17/c1-40(2,3)71-39(59)48-23(35(57)45-15-21-17-53(51-49-21)19-25-29-31(65-41(4,5)63-29)33-37(61-25)69-43(8,9)67-33)13-27(55)47-24(14-28(56)60-12)36(58)46-16-22-18-54(52-50-22)20-26-30-32(66-42(6,7)64-30)34-38(62-26)70-44(10,11)68-34/h17-18,23-26,29-34,37-38H,13-16,19-20H2,1-12H3,(H,45,57)(H,46,58)(H,47,55)(H,48,59)/t23-,24-,25+,26+,29-,30-,31-,32-,33+,34+,37+,38+/m0/s1. The SMILES string of the molecule is COC(=O)C[C@H](NC(=O)C[C@H](NC(=O)OC(C)(C)C)C(=O)NCc1cn(C[C@H]2O[C@@H]3OC(C)(C)O[C@@H]3[C@H]3OC(C)(C)O[C@H]32)nn1)C(=O)NCc1cn(C[C@H]2O[C@@H]3OC(C)(C)O[C@@H]3[C@H]3OC(C)(C)O[C@H]32)nn1. The molecular formula is C44H66N10O17. The van der Waals surface area contributed by atoms with Crippen LogP contribution < -0.4 is 21.3 Å². The molecular weight excluding hydrogens is 941 g/mol. The lowest BCUT2D eigenvalue weighted by Gasteiger charge is -2.37. The highest BCUT2D eigenvalue weighted by molar-refractivity contribution is 5.94. The van der Waals surface area contributed by atoms with E-state index in [1.165, 1.54) is 9.36 Å². The lowest BCUT2D eigenvalue weighted by molar-refractivity contribution is -0.237. The minimum Gasteiger partial charge on any atom is -0.469 e. The summed E-state index contributed by atoms with van der Waals surface area (Å²) in [6.45, 7) is 19.3. The van der Waals surface area contributed by atoms with Crippen LogP contribution in [-0.4, -0.2) is 169 Å². The van der Waals surface area contributed by atoms with Crippen LogP contribution in [0, 0.1) is 0 Å². The Labute approximate surface area is 409 Å². The Kier molecular flexibility index (Phi) is 14.6. The number of fused-ring (bicyclic) bond motifs is 6. The number of ether oxygens (including phenoxy) is 12. The van der Waals surface area contributed by atoms with Crippen molar-refractivity contribution >= 4 is 29.8 Å². The molecule has 0 aromatic carbocycles. The number of carbonyl (C=O) groups excluding carboxylic acids is 5. The molecule has 4 amide bonds. The summed E-state index contributed by atoms with van der Waals surface area (Å²) in [5.74, 6) is -6.83. The topological polar surface area (TPSA) is 306 Å². The quantitative estimate of drug-likeness (QED) is 0.160.